The number of thiophene rings is 1. The van der Waals surface area contributed by atoms with Crippen LogP contribution in [0.1, 0.15) is 49.2 Å². The summed E-state index contributed by atoms with van der Waals surface area (Å²) in [6.07, 6.45) is 5.26. The molecular weight excluding hydrogens is 432 g/mol. The number of aliphatic hydroxyl groups is 1. The van der Waals surface area contributed by atoms with E-state index in [-0.39, 0.29) is 5.91 Å². The first-order valence-electron chi connectivity index (χ1n) is 10.9. The number of fused-ring (bicyclic) bond motifs is 2. The van der Waals surface area contributed by atoms with Gasteiger partial charge in [0.1, 0.15) is 5.75 Å². The molecule has 0 radical (unpaired) electrons. The van der Waals surface area contributed by atoms with Gasteiger partial charge < -0.3 is 14.7 Å². The van der Waals surface area contributed by atoms with E-state index >= 15 is 0 Å². The quantitative estimate of drug-likeness (QED) is 0.572. The van der Waals surface area contributed by atoms with Gasteiger partial charge >= 0.3 is 0 Å². The molecular formula is C24H25ClN2O3S. The van der Waals surface area contributed by atoms with Gasteiger partial charge in [-0.3, -0.25) is 9.78 Å². The third kappa shape index (κ3) is 3.81. The molecule has 3 aromatic rings. The molecule has 2 atom stereocenters. The van der Waals surface area contributed by atoms with Crippen LogP contribution in [0.3, 0.4) is 0 Å². The maximum Gasteiger partial charge on any atom is 0.263 e. The Labute approximate surface area is 190 Å². The molecule has 2 aliphatic rings. The Morgan fingerprint density at radius 1 is 1.29 bits per heavy atom. The molecule has 0 spiro atoms. The van der Waals surface area contributed by atoms with Crippen molar-refractivity contribution in [2.75, 3.05) is 13.1 Å². The first kappa shape index (κ1) is 20.7. The van der Waals surface area contributed by atoms with Crippen LogP contribution < -0.4 is 4.74 Å². The zero-order valence-electron chi connectivity index (χ0n) is 17.4. The fourth-order valence-corrected chi connectivity index (χ4v) is 5.97. The number of ether oxygens (including phenoxy) is 1. The van der Waals surface area contributed by atoms with E-state index in [1.807, 2.05) is 36.1 Å². The van der Waals surface area contributed by atoms with E-state index in [2.05, 4.69) is 4.98 Å². The van der Waals surface area contributed by atoms with Crippen LogP contribution in [0.15, 0.2) is 30.5 Å². The summed E-state index contributed by atoms with van der Waals surface area (Å²) in [6, 6.07) is 7.71. The third-order valence-corrected chi connectivity index (χ3v) is 7.65. The standard InChI is InChI=1S/C24H25ClN2O3S/c1-2-19(28)21-13-18-23(31-21)16(6-7-26-18)17-12-15(25)10-14-11-20(30-22(14)17)24(29)27-8-4-3-5-9-27/h6-7,10,12-13,19-20,28H,2-5,8-9,11H2,1H3. The molecule has 1 fully saturated rings. The monoisotopic (exact) mass is 456 g/mol. The van der Waals surface area contributed by atoms with Crippen molar-refractivity contribution in [3.63, 3.8) is 0 Å². The molecule has 5 rings (SSSR count). The van der Waals surface area contributed by atoms with Crippen LogP contribution in [-0.2, 0) is 11.2 Å². The largest absolute Gasteiger partial charge is 0.479 e. The number of carbonyl (C=O) groups is 1. The summed E-state index contributed by atoms with van der Waals surface area (Å²) in [5.74, 6) is 0.806. The van der Waals surface area contributed by atoms with Crippen molar-refractivity contribution in [3.8, 4) is 16.9 Å². The molecule has 31 heavy (non-hydrogen) atoms. The number of halogens is 1. The molecule has 4 heterocycles. The van der Waals surface area contributed by atoms with Crippen LogP contribution in [0, 0.1) is 0 Å². The Balaban J connectivity index is 1.53. The van der Waals surface area contributed by atoms with Gasteiger partial charge in [-0.15, -0.1) is 11.3 Å². The molecule has 1 N–H and O–H groups in total. The lowest BCUT2D eigenvalue weighted by atomic mass is 10.0. The highest BCUT2D eigenvalue weighted by atomic mass is 35.5. The number of hydrogen-bond donors (Lipinski definition) is 1. The molecule has 1 saturated heterocycles. The van der Waals surface area contributed by atoms with E-state index in [0.29, 0.717) is 17.9 Å². The number of hydrogen-bond acceptors (Lipinski definition) is 5. The average molecular weight is 457 g/mol. The van der Waals surface area contributed by atoms with E-state index < -0.39 is 12.2 Å². The number of aromatic nitrogens is 1. The van der Waals surface area contributed by atoms with Crippen molar-refractivity contribution in [2.24, 2.45) is 0 Å². The lowest BCUT2D eigenvalue weighted by Gasteiger charge is -2.28. The highest BCUT2D eigenvalue weighted by Crippen LogP contribution is 2.45. The van der Waals surface area contributed by atoms with E-state index in [1.165, 1.54) is 6.42 Å². The van der Waals surface area contributed by atoms with Crippen LogP contribution in [0.25, 0.3) is 21.3 Å². The van der Waals surface area contributed by atoms with Gasteiger partial charge in [-0.05, 0) is 49.9 Å². The molecule has 2 aliphatic heterocycles. The fourth-order valence-electron chi connectivity index (χ4n) is 4.51. The number of rotatable bonds is 4. The lowest BCUT2D eigenvalue weighted by molar-refractivity contribution is -0.138. The molecule has 0 saturated carbocycles. The summed E-state index contributed by atoms with van der Waals surface area (Å²) in [6.45, 7) is 3.58. The molecule has 2 aromatic heterocycles. The molecule has 162 valence electrons. The Hall–Kier alpha value is -2.15. The zero-order valence-corrected chi connectivity index (χ0v) is 19.0. The first-order valence-corrected chi connectivity index (χ1v) is 12.1. The van der Waals surface area contributed by atoms with Crippen molar-refractivity contribution in [1.29, 1.82) is 0 Å². The zero-order chi connectivity index (χ0) is 21.5. The summed E-state index contributed by atoms with van der Waals surface area (Å²) in [5, 5.41) is 10.9. The number of amides is 1. The summed E-state index contributed by atoms with van der Waals surface area (Å²) in [5.41, 5.74) is 3.66. The molecule has 7 heteroatoms. The molecule has 0 bridgehead atoms. The van der Waals surface area contributed by atoms with Gasteiger partial charge in [-0.1, -0.05) is 18.5 Å². The van der Waals surface area contributed by atoms with Crippen LogP contribution in [0.4, 0.5) is 0 Å². The number of pyridine rings is 1. The summed E-state index contributed by atoms with van der Waals surface area (Å²) in [4.78, 5) is 20.4. The fraction of sp³-hybridized carbons (Fsp3) is 0.417. The minimum absolute atomic E-state index is 0.0716. The van der Waals surface area contributed by atoms with Gasteiger partial charge in [0.2, 0.25) is 0 Å². The van der Waals surface area contributed by atoms with Crippen molar-refractivity contribution < 1.29 is 14.6 Å². The maximum atomic E-state index is 13.1. The first-order chi connectivity index (χ1) is 15.0. The van der Waals surface area contributed by atoms with Gasteiger partial charge in [-0.25, -0.2) is 0 Å². The SMILES string of the molecule is CCC(O)c1cc2nccc(-c3cc(Cl)cc4c3OC(C(=O)N3CCCCC3)C4)c2s1. The predicted molar refractivity (Wildman–Crippen MR) is 124 cm³/mol. The van der Waals surface area contributed by atoms with Crippen LogP contribution in [0.5, 0.6) is 5.75 Å². The summed E-state index contributed by atoms with van der Waals surface area (Å²) < 4.78 is 7.26. The second kappa shape index (κ2) is 8.41. The van der Waals surface area contributed by atoms with Crippen molar-refractivity contribution in [1.82, 2.24) is 9.88 Å². The van der Waals surface area contributed by atoms with E-state index in [9.17, 15) is 9.90 Å². The van der Waals surface area contributed by atoms with Crippen molar-refractivity contribution in [2.45, 2.75) is 51.2 Å². The smallest absolute Gasteiger partial charge is 0.263 e. The van der Waals surface area contributed by atoms with Gasteiger partial charge in [0, 0.05) is 52.3 Å². The molecule has 1 aromatic carbocycles. The highest BCUT2D eigenvalue weighted by molar-refractivity contribution is 7.19. The number of likely N-dealkylation sites (tertiary alicyclic amines) is 1. The number of nitrogens with zero attached hydrogens (tertiary/aromatic N) is 2. The third-order valence-electron chi connectivity index (χ3n) is 6.18. The average Bonchev–Trinajstić information content (AvgIpc) is 3.42. The Morgan fingerprint density at radius 3 is 2.87 bits per heavy atom. The maximum absolute atomic E-state index is 13.1. The lowest BCUT2D eigenvalue weighted by Crippen LogP contribution is -2.43. The second-order valence-corrected chi connectivity index (χ2v) is 9.80. The Bertz CT molecular complexity index is 1140. The van der Waals surface area contributed by atoms with Gasteiger partial charge in [0.05, 0.1) is 16.3 Å². The van der Waals surface area contributed by atoms with E-state index in [4.69, 9.17) is 16.3 Å². The Kier molecular flexibility index (Phi) is 5.63. The predicted octanol–water partition coefficient (Wildman–Crippen LogP) is 5.38. The van der Waals surface area contributed by atoms with Crippen molar-refractivity contribution >= 4 is 39.1 Å². The summed E-state index contributed by atoms with van der Waals surface area (Å²) in [7, 11) is 0. The van der Waals surface area contributed by atoms with E-state index in [0.717, 1.165) is 63.5 Å². The minimum atomic E-state index is -0.500. The Morgan fingerprint density at radius 2 is 2.10 bits per heavy atom. The van der Waals surface area contributed by atoms with Gasteiger partial charge in [0.25, 0.3) is 5.91 Å². The van der Waals surface area contributed by atoms with Gasteiger partial charge in [0.15, 0.2) is 6.10 Å². The summed E-state index contributed by atoms with van der Waals surface area (Å²) >= 11 is 8.03. The normalized spacial score (nSPS) is 19.3. The molecule has 2 unspecified atom stereocenters. The molecule has 5 nitrogen and oxygen atoms in total. The van der Waals surface area contributed by atoms with Gasteiger partial charge in [-0.2, -0.15) is 0 Å². The minimum Gasteiger partial charge on any atom is -0.479 e. The van der Waals surface area contributed by atoms with E-state index in [1.54, 1.807) is 17.5 Å². The molecule has 0 aliphatic carbocycles. The number of benzene rings is 1. The van der Waals surface area contributed by atoms with Crippen LogP contribution >= 0.6 is 22.9 Å². The topological polar surface area (TPSA) is 62.7 Å². The van der Waals surface area contributed by atoms with Crippen molar-refractivity contribution in [3.05, 3.63) is 45.9 Å². The number of piperidine rings is 1. The molecule has 1 amide bonds. The highest BCUT2D eigenvalue weighted by Gasteiger charge is 2.35. The number of aliphatic hydroxyl groups excluding tert-OH is 1. The van der Waals surface area contributed by atoms with Crippen LogP contribution in [-0.4, -0.2) is 40.1 Å². The van der Waals surface area contributed by atoms with Crippen LogP contribution in [0.2, 0.25) is 5.02 Å². The second-order valence-electron chi connectivity index (χ2n) is 8.28. The number of carbonyl (C=O) groups excluding carboxylic acids is 1.